The molecule has 2 unspecified atom stereocenters. The number of fused-ring (bicyclic) bond motifs is 6. The molecule has 6 aromatic rings. The van der Waals surface area contributed by atoms with Gasteiger partial charge in [-0.2, -0.15) is 0 Å². The maximum absolute atomic E-state index is 8.77. The van der Waals surface area contributed by atoms with Gasteiger partial charge in [0, 0.05) is 51.4 Å². The van der Waals surface area contributed by atoms with Crippen LogP contribution < -0.4 is 10.2 Å². The van der Waals surface area contributed by atoms with E-state index in [1.165, 1.54) is 22.5 Å². The van der Waals surface area contributed by atoms with Crippen molar-refractivity contribution in [3.63, 3.8) is 0 Å². The smallest absolute Gasteiger partial charge is 0.135 e. The average Bonchev–Trinajstić information content (AvgIpc) is 3.58. The van der Waals surface area contributed by atoms with Crippen LogP contribution in [0, 0.1) is 5.41 Å². The van der Waals surface area contributed by atoms with Crippen LogP contribution in [-0.4, -0.2) is 11.8 Å². The Morgan fingerprint density at radius 3 is 2.38 bits per heavy atom. The molecule has 2 heterocycles. The monoisotopic (exact) mass is 543 g/mol. The molecule has 0 radical (unpaired) electrons. The second-order valence-electron chi connectivity index (χ2n) is 11.0. The highest BCUT2D eigenvalue weighted by molar-refractivity contribution is 6.14. The number of benzene rings is 5. The zero-order valence-corrected chi connectivity index (χ0v) is 23.0. The Kier molecular flexibility index (Phi) is 5.78. The number of nitrogens with zero attached hydrogens (tertiary/aromatic N) is 1. The van der Waals surface area contributed by atoms with Crippen LogP contribution >= 0.6 is 0 Å². The van der Waals surface area contributed by atoms with Crippen LogP contribution in [0.2, 0.25) is 0 Å². The summed E-state index contributed by atoms with van der Waals surface area (Å²) >= 11 is 0. The number of hydrogen-bond donors (Lipinski definition) is 2. The molecule has 2 N–H and O–H groups in total. The van der Waals surface area contributed by atoms with Gasteiger partial charge in [-0.25, -0.2) is 0 Å². The summed E-state index contributed by atoms with van der Waals surface area (Å²) in [5.41, 5.74) is 10.1. The standard InChI is InChI=1S/C38H29N3O/c39-38(26-10-2-1-3-11-26)30-14-4-7-15-33(30)40-24-25-18-20-27(21-19-25)41-34-16-8-5-12-28(34)31-23-37-32(22-35(31)41)29-13-6-9-17-36(29)42-37/h1-23,28,34,39-40H,24H2. The number of hydrogen-bond acceptors (Lipinski definition) is 4. The third-order valence-corrected chi connectivity index (χ3v) is 8.50. The molecule has 4 nitrogen and oxygen atoms in total. The minimum atomic E-state index is 0.225. The normalized spacial score (nSPS) is 17.0. The van der Waals surface area contributed by atoms with E-state index in [1.54, 1.807) is 0 Å². The molecule has 2 atom stereocenters. The summed E-state index contributed by atoms with van der Waals surface area (Å²) in [5.74, 6) is 0.278. The third kappa shape index (κ3) is 4.03. The third-order valence-electron chi connectivity index (χ3n) is 8.50. The fourth-order valence-electron chi connectivity index (χ4n) is 6.44. The first kappa shape index (κ1) is 24.4. The van der Waals surface area contributed by atoms with Crippen molar-refractivity contribution in [2.45, 2.75) is 18.5 Å². The fraction of sp³-hybridized carbons (Fsp3) is 0.0789. The van der Waals surface area contributed by atoms with E-state index >= 15 is 0 Å². The van der Waals surface area contributed by atoms with Crippen molar-refractivity contribution in [2.75, 3.05) is 10.2 Å². The van der Waals surface area contributed by atoms with Gasteiger partial charge < -0.3 is 14.6 Å². The molecule has 0 amide bonds. The lowest BCUT2D eigenvalue weighted by Crippen LogP contribution is -2.28. The summed E-state index contributed by atoms with van der Waals surface area (Å²) in [7, 11) is 0. The summed E-state index contributed by atoms with van der Waals surface area (Å²) in [6.45, 7) is 0.673. The molecular weight excluding hydrogens is 514 g/mol. The number of nitrogens with one attached hydrogen (secondary N) is 2. The van der Waals surface area contributed by atoms with E-state index in [9.17, 15) is 0 Å². The largest absolute Gasteiger partial charge is 0.456 e. The van der Waals surface area contributed by atoms with E-state index in [0.29, 0.717) is 12.3 Å². The quantitative estimate of drug-likeness (QED) is 0.206. The van der Waals surface area contributed by atoms with Gasteiger partial charge in [0.15, 0.2) is 0 Å². The summed E-state index contributed by atoms with van der Waals surface area (Å²) in [4.78, 5) is 2.47. The molecule has 202 valence electrons. The van der Waals surface area contributed by atoms with Gasteiger partial charge in [0.25, 0.3) is 0 Å². The van der Waals surface area contributed by atoms with Crippen molar-refractivity contribution in [3.8, 4) is 0 Å². The molecule has 42 heavy (non-hydrogen) atoms. The first-order valence-corrected chi connectivity index (χ1v) is 14.4. The molecule has 0 fully saturated rings. The molecule has 8 rings (SSSR count). The van der Waals surface area contributed by atoms with Gasteiger partial charge in [0.1, 0.15) is 11.2 Å². The van der Waals surface area contributed by atoms with Crippen molar-refractivity contribution in [2.24, 2.45) is 0 Å². The molecule has 0 saturated heterocycles. The molecule has 0 spiro atoms. The molecule has 0 saturated carbocycles. The molecule has 4 heteroatoms. The Balaban J connectivity index is 1.09. The number of furan rings is 1. The van der Waals surface area contributed by atoms with Crippen LogP contribution in [0.5, 0.6) is 0 Å². The Morgan fingerprint density at radius 1 is 0.738 bits per heavy atom. The highest BCUT2D eigenvalue weighted by atomic mass is 16.3. The molecule has 0 bridgehead atoms. The van der Waals surface area contributed by atoms with E-state index in [1.807, 2.05) is 66.7 Å². The summed E-state index contributed by atoms with van der Waals surface area (Å²) < 4.78 is 6.24. The van der Waals surface area contributed by atoms with Crippen LogP contribution in [0.1, 0.15) is 28.2 Å². The van der Waals surface area contributed by atoms with Crippen molar-refractivity contribution >= 4 is 44.7 Å². The molecule has 1 aliphatic heterocycles. The van der Waals surface area contributed by atoms with Crippen LogP contribution in [0.25, 0.3) is 21.9 Å². The van der Waals surface area contributed by atoms with Crippen LogP contribution in [0.15, 0.2) is 144 Å². The SMILES string of the molecule is N=C(c1ccccc1)c1ccccc1NCc1ccc(N2c3cc4c(cc3C3C=CC=CC32)oc2ccccc24)cc1. The van der Waals surface area contributed by atoms with Gasteiger partial charge in [-0.1, -0.05) is 103 Å². The minimum absolute atomic E-state index is 0.225. The lowest BCUT2D eigenvalue weighted by Gasteiger charge is -2.29. The van der Waals surface area contributed by atoms with E-state index in [2.05, 4.69) is 83.1 Å². The predicted molar refractivity (Wildman–Crippen MR) is 173 cm³/mol. The topological polar surface area (TPSA) is 52.3 Å². The lowest BCUT2D eigenvalue weighted by molar-refractivity contribution is 0.667. The highest BCUT2D eigenvalue weighted by Crippen LogP contribution is 2.50. The van der Waals surface area contributed by atoms with E-state index in [0.717, 1.165) is 38.8 Å². The number of para-hydroxylation sites is 2. The van der Waals surface area contributed by atoms with Gasteiger partial charge in [0.2, 0.25) is 0 Å². The Morgan fingerprint density at radius 2 is 1.50 bits per heavy atom. The van der Waals surface area contributed by atoms with Crippen molar-refractivity contribution in [3.05, 3.63) is 162 Å². The van der Waals surface area contributed by atoms with Crippen molar-refractivity contribution in [1.82, 2.24) is 0 Å². The average molecular weight is 544 g/mol. The number of anilines is 3. The molecule has 1 aliphatic carbocycles. The van der Waals surface area contributed by atoms with Crippen LogP contribution in [0.3, 0.4) is 0 Å². The Bertz CT molecular complexity index is 2020. The highest BCUT2D eigenvalue weighted by Gasteiger charge is 2.38. The maximum atomic E-state index is 8.77. The van der Waals surface area contributed by atoms with Gasteiger partial charge >= 0.3 is 0 Å². The second-order valence-corrected chi connectivity index (χ2v) is 11.0. The van der Waals surface area contributed by atoms with E-state index in [-0.39, 0.29) is 12.0 Å². The second kappa shape index (κ2) is 9.93. The summed E-state index contributed by atoms with van der Waals surface area (Å²) in [6.07, 6.45) is 8.92. The Hall–Kier alpha value is -5.35. The maximum Gasteiger partial charge on any atom is 0.135 e. The summed E-state index contributed by atoms with van der Waals surface area (Å²) in [6, 6.07) is 39.9. The zero-order chi connectivity index (χ0) is 28.0. The number of rotatable bonds is 6. The molecule has 2 aliphatic rings. The number of allylic oxidation sites excluding steroid dienone is 2. The van der Waals surface area contributed by atoms with Crippen molar-refractivity contribution < 1.29 is 4.42 Å². The van der Waals surface area contributed by atoms with Crippen LogP contribution in [0.4, 0.5) is 17.1 Å². The summed E-state index contributed by atoms with van der Waals surface area (Å²) in [5, 5.41) is 14.7. The van der Waals surface area contributed by atoms with Gasteiger partial charge in [0.05, 0.1) is 11.8 Å². The van der Waals surface area contributed by atoms with E-state index in [4.69, 9.17) is 9.83 Å². The fourth-order valence-corrected chi connectivity index (χ4v) is 6.44. The van der Waals surface area contributed by atoms with Gasteiger partial charge in [-0.3, -0.25) is 5.41 Å². The molecular formula is C38H29N3O. The van der Waals surface area contributed by atoms with E-state index < -0.39 is 0 Å². The lowest BCUT2D eigenvalue weighted by atomic mass is 9.91. The molecule has 5 aromatic carbocycles. The first-order valence-electron chi connectivity index (χ1n) is 14.4. The Labute approximate surface area is 244 Å². The molecule has 1 aromatic heterocycles. The van der Waals surface area contributed by atoms with Gasteiger partial charge in [-0.15, -0.1) is 0 Å². The zero-order valence-electron chi connectivity index (χ0n) is 23.0. The minimum Gasteiger partial charge on any atom is -0.456 e. The van der Waals surface area contributed by atoms with Crippen LogP contribution in [-0.2, 0) is 6.54 Å². The van der Waals surface area contributed by atoms with Gasteiger partial charge in [-0.05, 0) is 47.5 Å². The first-order chi connectivity index (χ1) is 20.7. The predicted octanol–water partition coefficient (Wildman–Crippen LogP) is 9.34. The van der Waals surface area contributed by atoms with Crippen molar-refractivity contribution in [1.29, 1.82) is 5.41 Å².